The molecule has 138 valence electrons. The van der Waals surface area contributed by atoms with Crippen LogP contribution in [-0.4, -0.2) is 10.5 Å². The highest BCUT2D eigenvalue weighted by Gasteiger charge is 2.16. The van der Waals surface area contributed by atoms with Crippen LogP contribution < -0.4 is 4.80 Å². The van der Waals surface area contributed by atoms with Gasteiger partial charge in [0.1, 0.15) is 5.82 Å². The monoisotopic (exact) mass is 388 g/mol. The van der Waals surface area contributed by atoms with E-state index in [1.54, 1.807) is 0 Å². The fraction of sp³-hybridized carbons (Fsp3) is 0.0435. The molecule has 0 N–H and O–H groups in total. The van der Waals surface area contributed by atoms with Gasteiger partial charge >= 0.3 is 0 Å². The lowest BCUT2D eigenvalue weighted by molar-refractivity contribution is 0.0998. The van der Waals surface area contributed by atoms with Crippen LogP contribution in [0, 0.1) is 5.82 Å². The maximum atomic E-state index is 13.1. The van der Waals surface area contributed by atoms with Crippen molar-refractivity contribution >= 4 is 17.2 Å². The standard InChI is InChI=1S/C23H17FN2OS/c1-26-20(16-8-4-2-5-9-16)21(17-10-6-3-7-11-17)28-23(26)25-22(27)18-12-14-19(24)15-13-18/h2-15H,1H3. The van der Waals surface area contributed by atoms with Crippen molar-refractivity contribution in [2.24, 2.45) is 12.0 Å². The smallest absolute Gasteiger partial charge is 0.279 e. The van der Waals surface area contributed by atoms with Crippen molar-refractivity contribution in [1.29, 1.82) is 0 Å². The Kier molecular flexibility index (Phi) is 5.00. The number of rotatable bonds is 3. The normalized spacial score (nSPS) is 11.6. The SMILES string of the molecule is Cn1c(-c2ccccc2)c(-c2ccccc2)sc1=NC(=O)c1ccc(F)cc1. The zero-order chi connectivity index (χ0) is 19.5. The fourth-order valence-electron chi connectivity index (χ4n) is 3.00. The van der Waals surface area contributed by atoms with Crippen molar-refractivity contribution in [2.45, 2.75) is 0 Å². The second-order valence-electron chi connectivity index (χ2n) is 6.28. The maximum Gasteiger partial charge on any atom is 0.279 e. The average Bonchev–Trinajstić information content (AvgIpc) is 3.06. The van der Waals surface area contributed by atoms with Gasteiger partial charge in [-0.25, -0.2) is 4.39 Å². The minimum atomic E-state index is -0.393. The van der Waals surface area contributed by atoms with E-state index in [2.05, 4.69) is 4.99 Å². The lowest BCUT2D eigenvalue weighted by atomic mass is 10.1. The first kappa shape index (κ1) is 18.1. The summed E-state index contributed by atoms with van der Waals surface area (Å²) in [5.74, 6) is -0.771. The molecule has 1 aromatic heterocycles. The third-order valence-corrected chi connectivity index (χ3v) is 5.58. The number of hydrogen-bond acceptors (Lipinski definition) is 2. The molecule has 0 spiro atoms. The fourth-order valence-corrected chi connectivity index (χ4v) is 4.15. The van der Waals surface area contributed by atoms with Crippen LogP contribution in [0.25, 0.3) is 21.7 Å². The molecule has 0 unspecified atom stereocenters. The quantitative estimate of drug-likeness (QED) is 0.469. The Balaban J connectivity index is 1.88. The Morgan fingerprint density at radius 2 is 1.43 bits per heavy atom. The highest BCUT2D eigenvalue weighted by molar-refractivity contribution is 7.13. The number of halogens is 1. The van der Waals surface area contributed by atoms with E-state index in [9.17, 15) is 9.18 Å². The predicted octanol–water partition coefficient (Wildman–Crippen LogP) is 5.30. The average molecular weight is 388 g/mol. The lowest BCUT2D eigenvalue weighted by Gasteiger charge is -2.07. The summed E-state index contributed by atoms with van der Waals surface area (Å²) in [4.78, 5) is 18.5. The van der Waals surface area contributed by atoms with Gasteiger partial charge in [0.15, 0.2) is 4.80 Å². The van der Waals surface area contributed by atoms with Gasteiger partial charge in [0, 0.05) is 12.6 Å². The van der Waals surface area contributed by atoms with Crippen LogP contribution in [0.5, 0.6) is 0 Å². The lowest BCUT2D eigenvalue weighted by Crippen LogP contribution is -2.14. The molecule has 1 amide bonds. The molecule has 0 atom stereocenters. The molecule has 0 aliphatic carbocycles. The first-order valence-corrected chi connectivity index (χ1v) is 9.60. The Morgan fingerprint density at radius 1 is 0.857 bits per heavy atom. The molecule has 3 aromatic carbocycles. The van der Waals surface area contributed by atoms with Crippen molar-refractivity contribution in [3.63, 3.8) is 0 Å². The Hall–Kier alpha value is -3.31. The molecule has 0 saturated heterocycles. The van der Waals surface area contributed by atoms with Gasteiger partial charge in [-0.05, 0) is 35.4 Å². The molecule has 0 bridgehead atoms. The van der Waals surface area contributed by atoms with Crippen molar-refractivity contribution in [2.75, 3.05) is 0 Å². The molecular formula is C23H17FN2OS. The van der Waals surface area contributed by atoms with E-state index >= 15 is 0 Å². The molecule has 0 saturated carbocycles. The highest BCUT2D eigenvalue weighted by Crippen LogP contribution is 2.34. The van der Waals surface area contributed by atoms with Crippen LogP contribution in [-0.2, 0) is 7.05 Å². The third kappa shape index (κ3) is 3.57. The Bertz CT molecular complexity index is 1180. The van der Waals surface area contributed by atoms with Crippen LogP contribution >= 0.6 is 11.3 Å². The zero-order valence-electron chi connectivity index (χ0n) is 15.2. The predicted molar refractivity (Wildman–Crippen MR) is 110 cm³/mol. The van der Waals surface area contributed by atoms with Crippen LogP contribution in [0.4, 0.5) is 4.39 Å². The largest absolute Gasteiger partial charge is 0.319 e. The van der Waals surface area contributed by atoms with Gasteiger partial charge in [0.2, 0.25) is 0 Å². The van der Waals surface area contributed by atoms with Gasteiger partial charge in [-0.1, -0.05) is 72.0 Å². The van der Waals surface area contributed by atoms with E-state index in [1.807, 2.05) is 72.3 Å². The number of hydrogen-bond donors (Lipinski definition) is 0. The number of benzene rings is 3. The minimum Gasteiger partial charge on any atom is -0.319 e. The van der Waals surface area contributed by atoms with E-state index in [0.717, 1.165) is 21.7 Å². The molecule has 3 nitrogen and oxygen atoms in total. The van der Waals surface area contributed by atoms with Gasteiger partial charge < -0.3 is 4.57 Å². The van der Waals surface area contributed by atoms with Gasteiger partial charge in [-0.15, -0.1) is 0 Å². The van der Waals surface area contributed by atoms with E-state index in [1.165, 1.54) is 35.6 Å². The summed E-state index contributed by atoms with van der Waals surface area (Å²) >= 11 is 1.46. The zero-order valence-corrected chi connectivity index (χ0v) is 16.0. The van der Waals surface area contributed by atoms with Gasteiger partial charge in [0.05, 0.1) is 10.6 Å². The number of aromatic nitrogens is 1. The molecule has 5 heteroatoms. The summed E-state index contributed by atoms with van der Waals surface area (Å²) in [6.07, 6.45) is 0. The summed E-state index contributed by atoms with van der Waals surface area (Å²) in [6.45, 7) is 0. The molecule has 4 rings (SSSR count). The number of carbonyl (C=O) groups is 1. The highest BCUT2D eigenvalue weighted by atomic mass is 32.1. The second-order valence-corrected chi connectivity index (χ2v) is 7.25. The summed E-state index contributed by atoms with van der Waals surface area (Å²) in [5, 5.41) is 0. The van der Waals surface area contributed by atoms with Crippen molar-refractivity contribution < 1.29 is 9.18 Å². The summed E-state index contributed by atoms with van der Waals surface area (Å²) < 4.78 is 15.1. The van der Waals surface area contributed by atoms with Gasteiger partial charge in [-0.2, -0.15) is 4.99 Å². The Morgan fingerprint density at radius 3 is 2.04 bits per heavy atom. The summed E-state index contributed by atoms with van der Waals surface area (Å²) in [6, 6.07) is 25.5. The number of nitrogens with zero attached hydrogens (tertiary/aromatic N) is 2. The molecule has 28 heavy (non-hydrogen) atoms. The number of carbonyl (C=O) groups excluding carboxylic acids is 1. The van der Waals surface area contributed by atoms with Crippen molar-refractivity contribution in [1.82, 2.24) is 4.57 Å². The van der Waals surface area contributed by atoms with Crippen molar-refractivity contribution in [3.8, 4) is 21.7 Å². The molecule has 0 aliphatic heterocycles. The molecule has 0 aliphatic rings. The number of thiazole rings is 1. The summed E-state index contributed by atoms with van der Waals surface area (Å²) in [5.41, 5.74) is 3.48. The second kappa shape index (κ2) is 7.74. The molecular weight excluding hydrogens is 371 g/mol. The van der Waals surface area contributed by atoms with Crippen molar-refractivity contribution in [3.05, 3.63) is 101 Å². The summed E-state index contributed by atoms with van der Waals surface area (Å²) in [7, 11) is 1.90. The van der Waals surface area contributed by atoms with Crippen LogP contribution in [0.2, 0.25) is 0 Å². The van der Waals surface area contributed by atoms with E-state index in [0.29, 0.717) is 10.4 Å². The van der Waals surface area contributed by atoms with E-state index < -0.39 is 5.91 Å². The topological polar surface area (TPSA) is 34.4 Å². The molecule has 1 heterocycles. The maximum absolute atomic E-state index is 13.1. The first-order valence-electron chi connectivity index (χ1n) is 8.79. The number of amides is 1. The van der Waals surface area contributed by atoms with Crippen LogP contribution in [0.15, 0.2) is 89.9 Å². The van der Waals surface area contributed by atoms with E-state index in [4.69, 9.17) is 0 Å². The Labute approximate surface area is 166 Å². The minimum absolute atomic E-state index is 0.359. The van der Waals surface area contributed by atoms with E-state index in [-0.39, 0.29) is 5.82 Å². The first-order chi connectivity index (χ1) is 13.6. The molecule has 4 aromatic rings. The van der Waals surface area contributed by atoms with Crippen LogP contribution in [0.1, 0.15) is 10.4 Å². The van der Waals surface area contributed by atoms with Gasteiger partial charge in [0.25, 0.3) is 5.91 Å². The van der Waals surface area contributed by atoms with Crippen LogP contribution in [0.3, 0.4) is 0 Å². The molecule has 0 radical (unpaired) electrons. The third-order valence-electron chi connectivity index (χ3n) is 4.40. The molecule has 0 fully saturated rings. The van der Waals surface area contributed by atoms with Gasteiger partial charge in [-0.3, -0.25) is 4.79 Å².